The summed E-state index contributed by atoms with van der Waals surface area (Å²) in [5, 5.41) is 4.28. The molecule has 3 N–H and O–H groups in total. The highest BCUT2D eigenvalue weighted by Crippen LogP contribution is 2.29. The summed E-state index contributed by atoms with van der Waals surface area (Å²) in [4.78, 5) is 6.54. The third kappa shape index (κ3) is 2.99. The lowest BCUT2D eigenvalue weighted by Gasteiger charge is -2.35. The van der Waals surface area contributed by atoms with Gasteiger partial charge in [-0.1, -0.05) is 30.1 Å². The molecule has 0 amide bonds. The van der Waals surface area contributed by atoms with Crippen LogP contribution in [0.1, 0.15) is 13.3 Å². The number of piperidine rings is 1. The molecule has 2 rings (SSSR count). The van der Waals surface area contributed by atoms with E-state index in [1.165, 1.54) is 0 Å². The van der Waals surface area contributed by atoms with Gasteiger partial charge in [0.1, 0.15) is 11.6 Å². The second kappa shape index (κ2) is 5.51. The number of anilines is 2. The molecule has 2 heterocycles. The van der Waals surface area contributed by atoms with Crippen molar-refractivity contribution in [2.45, 2.75) is 19.4 Å². The second-order valence-electron chi connectivity index (χ2n) is 4.96. The van der Waals surface area contributed by atoms with Crippen molar-refractivity contribution in [1.29, 1.82) is 0 Å². The van der Waals surface area contributed by atoms with E-state index in [0.29, 0.717) is 33.6 Å². The smallest absolute Gasteiger partial charge is 0.147 e. The van der Waals surface area contributed by atoms with Crippen molar-refractivity contribution in [2.24, 2.45) is 5.92 Å². The van der Waals surface area contributed by atoms with Crippen molar-refractivity contribution in [3.63, 3.8) is 0 Å². The molecule has 1 aliphatic heterocycles. The highest BCUT2D eigenvalue weighted by atomic mass is 35.5. The van der Waals surface area contributed by atoms with Gasteiger partial charge in [-0.25, -0.2) is 4.98 Å². The first-order valence-corrected chi connectivity index (χ1v) is 6.79. The van der Waals surface area contributed by atoms with Crippen LogP contribution >= 0.6 is 23.2 Å². The summed E-state index contributed by atoms with van der Waals surface area (Å²) in [6.45, 7) is 4.36. The maximum absolute atomic E-state index is 6.12. The van der Waals surface area contributed by atoms with Crippen molar-refractivity contribution in [3.8, 4) is 0 Å². The Kier molecular flexibility index (Phi) is 4.20. The van der Waals surface area contributed by atoms with Crippen LogP contribution in [0, 0.1) is 5.92 Å². The van der Waals surface area contributed by atoms with Crippen molar-refractivity contribution in [1.82, 2.24) is 9.88 Å². The standard InChI is InChI=1S/C12H18Cl2N4/c1-7-6-18(2)4-3-10(7)16-12-9(14)5-8(13)11(15)17-12/h5,7,10H,3-4,6H2,1-2H3,(H3,15,16,17). The first-order chi connectivity index (χ1) is 8.47. The van der Waals surface area contributed by atoms with Gasteiger partial charge < -0.3 is 16.0 Å². The van der Waals surface area contributed by atoms with E-state index in [2.05, 4.69) is 29.2 Å². The Labute approximate surface area is 117 Å². The Morgan fingerprint density at radius 1 is 1.44 bits per heavy atom. The van der Waals surface area contributed by atoms with Gasteiger partial charge in [0.25, 0.3) is 0 Å². The molecule has 0 aliphatic carbocycles. The summed E-state index contributed by atoms with van der Waals surface area (Å²) >= 11 is 12.0. The van der Waals surface area contributed by atoms with Crippen molar-refractivity contribution in [2.75, 3.05) is 31.2 Å². The fourth-order valence-corrected chi connectivity index (χ4v) is 2.74. The molecular formula is C12H18Cl2N4. The number of likely N-dealkylation sites (tertiary alicyclic amines) is 1. The van der Waals surface area contributed by atoms with Gasteiger partial charge in [0, 0.05) is 12.6 Å². The van der Waals surface area contributed by atoms with Gasteiger partial charge in [-0.05, 0) is 32.0 Å². The molecule has 0 spiro atoms. The van der Waals surface area contributed by atoms with E-state index in [4.69, 9.17) is 28.9 Å². The Morgan fingerprint density at radius 2 is 2.17 bits per heavy atom. The van der Waals surface area contributed by atoms with Crippen LogP contribution in [0.15, 0.2) is 6.07 Å². The molecule has 1 aromatic rings. The van der Waals surface area contributed by atoms with Crippen LogP contribution < -0.4 is 11.1 Å². The topological polar surface area (TPSA) is 54.2 Å². The Morgan fingerprint density at radius 3 is 2.83 bits per heavy atom. The minimum atomic E-state index is 0.309. The number of nitrogens with one attached hydrogen (secondary N) is 1. The number of pyridine rings is 1. The SMILES string of the molecule is CC1CN(C)CCC1Nc1nc(N)c(Cl)cc1Cl. The third-order valence-corrected chi connectivity index (χ3v) is 3.98. The number of rotatable bonds is 2. The molecule has 0 bridgehead atoms. The van der Waals surface area contributed by atoms with E-state index in [0.717, 1.165) is 19.5 Å². The molecule has 2 unspecified atom stereocenters. The average Bonchev–Trinajstić information content (AvgIpc) is 2.29. The summed E-state index contributed by atoms with van der Waals surface area (Å²) in [7, 11) is 2.14. The maximum Gasteiger partial charge on any atom is 0.147 e. The van der Waals surface area contributed by atoms with Gasteiger partial charge in [-0.15, -0.1) is 0 Å². The fourth-order valence-electron chi connectivity index (χ4n) is 2.33. The van der Waals surface area contributed by atoms with Crippen LogP contribution in [-0.2, 0) is 0 Å². The fraction of sp³-hybridized carbons (Fsp3) is 0.583. The minimum Gasteiger partial charge on any atom is -0.382 e. The number of nitrogens with zero attached hydrogens (tertiary/aromatic N) is 2. The Bertz CT molecular complexity index is 438. The number of nitrogens with two attached hydrogens (primary N) is 1. The molecule has 1 aliphatic rings. The average molecular weight is 289 g/mol. The normalized spacial score (nSPS) is 25.1. The van der Waals surface area contributed by atoms with Crippen LogP contribution in [0.2, 0.25) is 10.0 Å². The summed E-state index contributed by atoms with van der Waals surface area (Å²) in [5.41, 5.74) is 5.70. The molecule has 1 saturated heterocycles. The van der Waals surface area contributed by atoms with Crippen LogP contribution in [0.4, 0.5) is 11.6 Å². The van der Waals surface area contributed by atoms with Gasteiger partial charge in [0.05, 0.1) is 10.0 Å². The van der Waals surface area contributed by atoms with E-state index >= 15 is 0 Å². The van der Waals surface area contributed by atoms with Crippen LogP contribution in [0.5, 0.6) is 0 Å². The lowest BCUT2D eigenvalue weighted by atomic mass is 9.94. The number of halogens is 2. The number of hydrogen-bond acceptors (Lipinski definition) is 4. The van der Waals surface area contributed by atoms with E-state index < -0.39 is 0 Å². The summed E-state index contributed by atoms with van der Waals surface area (Å²) in [6, 6.07) is 2.00. The van der Waals surface area contributed by atoms with Gasteiger partial charge in [0.15, 0.2) is 0 Å². The van der Waals surface area contributed by atoms with Gasteiger partial charge in [0.2, 0.25) is 0 Å². The molecule has 0 aromatic carbocycles. The maximum atomic E-state index is 6.12. The highest BCUT2D eigenvalue weighted by Gasteiger charge is 2.25. The quantitative estimate of drug-likeness (QED) is 0.879. The lowest BCUT2D eigenvalue weighted by molar-refractivity contribution is 0.206. The molecule has 100 valence electrons. The zero-order valence-corrected chi connectivity index (χ0v) is 12.1. The summed E-state index contributed by atoms with van der Waals surface area (Å²) < 4.78 is 0. The highest BCUT2D eigenvalue weighted by molar-refractivity contribution is 6.37. The van der Waals surface area contributed by atoms with Crippen molar-refractivity contribution < 1.29 is 0 Å². The van der Waals surface area contributed by atoms with E-state index in [9.17, 15) is 0 Å². The first-order valence-electron chi connectivity index (χ1n) is 6.04. The molecule has 0 radical (unpaired) electrons. The molecule has 4 nitrogen and oxygen atoms in total. The second-order valence-corrected chi connectivity index (χ2v) is 5.78. The monoisotopic (exact) mass is 288 g/mol. The van der Waals surface area contributed by atoms with Crippen molar-refractivity contribution >= 4 is 34.8 Å². The largest absolute Gasteiger partial charge is 0.382 e. The van der Waals surface area contributed by atoms with Crippen LogP contribution in [0.25, 0.3) is 0 Å². The van der Waals surface area contributed by atoms with Gasteiger partial charge in [-0.2, -0.15) is 0 Å². The predicted octanol–water partition coefficient (Wildman–Crippen LogP) is 2.72. The van der Waals surface area contributed by atoms with Gasteiger partial charge in [-0.3, -0.25) is 0 Å². The number of hydrogen-bond donors (Lipinski definition) is 2. The molecule has 18 heavy (non-hydrogen) atoms. The molecule has 1 aromatic heterocycles. The van der Waals surface area contributed by atoms with Crippen LogP contribution in [0.3, 0.4) is 0 Å². The molecule has 6 heteroatoms. The van der Waals surface area contributed by atoms with Gasteiger partial charge >= 0.3 is 0 Å². The van der Waals surface area contributed by atoms with E-state index in [1.807, 2.05) is 0 Å². The molecule has 2 atom stereocenters. The number of nitrogen functional groups attached to an aromatic ring is 1. The Balaban J connectivity index is 2.12. The predicted molar refractivity (Wildman–Crippen MR) is 77.4 cm³/mol. The first kappa shape index (κ1) is 13.7. The summed E-state index contributed by atoms with van der Waals surface area (Å²) in [6.07, 6.45) is 1.07. The lowest BCUT2D eigenvalue weighted by Crippen LogP contribution is -2.43. The minimum absolute atomic E-state index is 0.309. The molecular weight excluding hydrogens is 271 g/mol. The van der Waals surface area contributed by atoms with E-state index in [1.54, 1.807) is 6.07 Å². The van der Waals surface area contributed by atoms with Crippen LogP contribution in [-0.4, -0.2) is 36.1 Å². The Hall–Kier alpha value is -0.710. The zero-order chi connectivity index (χ0) is 13.3. The van der Waals surface area contributed by atoms with E-state index in [-0.39, 0.29) is 0 Å². The van der Waals surface area contributed by atoms with Crippen molar-refractivity contribution in [3.05, 3.63) is 16.1 Å². The summed E-state index contributed by atoms with van der Waals surface area (Å²) in [5.74, 6) is 1.47. The zero-order valence-electron chi connectivity index (χ0n) is 10.6. The molecule has 0 saturated carbocycles. The molecule has 1 fully saturated rings. The number of aromatic nitrogens is 1. The third-order valence-electron chi connectivity index (χ3n) is 3.39.